The summed E-state index contributed by atoms with van der Waals surface area (Å²) in [5.41, 5.74) is 1.92. The molecule has 4 N–H and O–H groups in total. The van der Waals surface area contributed by atoms with Crippen LogP contribution in [-0.4, -0.2) is 58.1 Å². The molecule has 4 rings (SSSR count). The van der Waals surface area contributed by atoms with Gasteiger partial charge in [-0.2, -0.15) is 0 Å². The van der Waals surface area contributed by atoms with Crippen LogP contribution in [0.25, 0.3) is 0 Å². The molecule has 0 bridgehead atoms. The summed E-state index contributed by atoms with van der Waals surface area (Å²) in [6.07, 6.45) is 1.04. The van der Waals surface area contributed by atoms with Crippen LogP contribution in [0.4, 0.5) is 10.6 Å². The Labute approximate surface area is 192 Å². The van der Waals surface area contributed by atoms with E-state index in [4.69, 9.17) is 0 Å². The standard InChI is InChI=1S/C24H29N5O4/c1-13(2)24(22(32)27-23(33)28-24)17-7-5-16(6-8-17)21(31)29-11-18(19(30)12-29)26-20-15(4)9-14(3)10-25-20/h5-10,13,18-19,30H,11-12H2,1-4H3,(H,25,26)(H2,27,28,32,33)/t18-,19-,24-/m1/s1. The summed E-state index contributed by atoms with van der Waals surface area (Å²) < 4.78 is 0. The third-order valence-corrected chi connectivity index (χ3v) is 6.46. The van der Waals surface area contributed by atoms with E-state index in [9.17, 15) is 19.5 Å². The molecule has 0 aliphatic carbocycles. The van der Waals surface area contributed by atoms with Crippen molar-refractivity contribution in [2.75, 3.05) is 18.4 Å². The number of nitrogens with zero attached hydrogens (tertiary/aromatic N) is 2. The van der Waals surface area contributed by atoms with Crippen molar-refractivity contribution < 1.29 is 19.5 Å². The molecule has 174 valence electrons. The molecular weight excluding hydrogens is 422 g/mol. The van der Waals surface area contributed by atoms with E-state index in [1.807, 2.05) is 33.8 Å². The fourth-order valence-electron chi connectivity index (χ4n) is 4.61. The highest BCUT2D eigenvalue weighted by molar-refractivity contribution is 6.07. The van der Waals surface area contributed by atoms with E-state index in [1.54, 1.807) is 35.4 Å². The molecule has 1 aromatic heterocycles. The van der Waals surface area contributed by atoms with E-state index < -0.39 is 23.6 Å². The number of nitrogens with one attached hydrogen (secondary N) is 3. The zero-order chi connectivity index (χ0) is 23.9. The first kappa shape index (κ1) is 22.7. The van der Waals surface area contributed by atoms with Crippen LogP contribution in [-0.2, 0) is 10.3 Å². The van der Waals surface area contributed by atoms with E-state index in [0.717, 1.165) is 11.1 Å². The fourth-order valence-corrected chi connectivity index (χ4v) is 4.61. The molecule has 3 atom stereocenters. The Balaban J connectivity index is 1.48. The van der Waals surface area contributed by atoms with Crippen molar-refractivity contribution in [2.24, 2.45) is 5.92 Å². The van der Waals surface area contributed by atoms with Crippen LogP contribution in [0.3, 0.4) is 0 Å². The minimum atomic E-state index is -1.17. The number of urea groups is 1. The number of aliphatic hydroxyl groups is 1. The van der Waals surface area contributed by atoms with Crippen LogP contribution in [0.1, 0.15) is 40.9 Å². The molecule has 2 aromatic rings. The van der Waals surface area contributed by atoms with Gasteiger partial charge in [0.1, 0.15) is 11.4 Å². The maximum atomic E-state index is 13.1. The normalized spacial score (nSPS) is 24.7. The molecule has 9 heteroatoms. The molecule has 0 unspecified atom stereocenters. The molecule has 2 aliphatic heterocycles. The molecule has 2 saturated heterocycles. The minimum absolute atomic E-state index is 0.190. The number of likely N-dealkylation sites (tertiary alicyclic amines) is 1. The van der Waals surface area contributed by atoms with Crippen LogP contribution in [0.2, 0.25) is 0 Å². The smallest absolute Gasteiger partial charge is 0.322 e. The Kier molecular flexibility index (Phi) is 5.84. The van der Waals surface area contributed by atoms with Crippen molar-refractivity contribution in [2.45, 2.75) is 45.4 Å². The highest BCUT2D eigenvalue weighted by atomic mass is 16.3. The molecule has 2 aliphatic rings. The molecule has 3 heterocycles. The van der Waals surface area contributed by atoms with Crippen molar-refractivity contribution in [3.05, 3.63) is 58.8 Å². The molecule has 4 amide bonds. The zero-order valence-corrected chi connectivity index (χ0v) is 19.2. The number of aliphatic hydroxyl groups excluding tert-OH is 1. The van der Waals surface area contributed by atoms with Gasteiger partial charge in [0.15, 0.2) is 0 Å². The van der Waals surface area contributed by atoms with E-state index in [1.165, 1.54) is 0 Å². The summed E-state index contributed by atoms with van der Waals surface area (Å²) in [6.45, 7) is 8.17. The van der Waals surface area contributed by atoms with E-state index in [2.05, 4.69) is 20.9 Å². The first-order valence-electron chi connectivity index (χ1n) is 11.0. The third kappa shape index (κ3) is 4.04. The zero-order valence-electron chi connectivity index (χ0n) is 19.2. The fraction of sp³-hybridized carbons (Fsp3) is 0.417. The average molecular weight is 452 g/mol. The number of rotatable bonds is 5. The topological polar surface area (TPSA) is 124 Å². The second-order valence-corrected chi connectivity index (χ2v) is 9.15. The van der Waals surface area contributed by atoms with Gasteiger partial charge in [-0.25, -0.2) is 9.78 Å². The second-order valence-electron chi connectivity index (χ2n) is 9.15. The van der Waals surface area contributed by atoms with Gasteiger partial charge in [0, 0.05) is 24.8 Å². The van der Waals surface area contributed by atoms with Crippen molar-refractivity contribution in [3.8, 4) is 0 Å². The minimum Gasteiger partial charge on any atom is -0.389 e. The van der Waals surface area contributed by atoms with Gasteiger partial charge in [0.2, 0.25) is 0 Å². The predicted octanol–water partition coefficient (Wildman–Crippen LogP) is 1.69. The molecule has 2 fully saturated rings. The lowest BCUT2D eigenvalue weighted by molar-refractivity contribution is -0.125. The van der Waals surface area contributed by atoms with Crippen LogP contribution in [0.15, 0.2) is 36.5 Å². The lowest BCUT2D eigenvalue weighted by atomic mass is 9.79. The van der Waals surface area contributed by atoms with E-state index in [-0.39, 0.29) is 24.4 Å². The van der Waals surface area contributed by atoms with Crippen molar-refractivity contribution in [3.63, 3.8) is 0 Å². The third-order valence-electron chi connectivity index (χ3n) is 6.46. The maximum Gasteiger partial charge on any atom is 0.322 e. The molecule has 0 saturated carbocycles. The Bertz CT molecular complexity index is 1100. The average Bonchev–Trinajstić information content (AvgIpc) is 3.28. The summed E-state index contributed by atoms with van der Waals surface area (Å²) in [7, 11) is 0. The van der Waals surface area contributed by atoms with Crippen molar-refractivity contribution in [1.82, 2.24) is 20.5 Å². The Morgan fingerprint density at radius 2 is 1.91 bits per heavy atom. The van der Waals surface area contributed by atoms with Gasteiger partial charge in [-0.3, -0.25) is 14.9 Å². The highest BCUT2D eigenvalue weighted by Crippen LogP contribution is 2.33. The molecule has 0 radical (unpaired) electrons. The van der Waals surface area contributed by atoms with Gasteiger partial charge in [-0.1, -0.05) is 32.0 Å². The van der Waals surface area contributed by atoms with Gasteiger partial charge in [0.25, 0.3) is 11.8 Å². The Morgan fingerprint density at radius 3 is 2.48 bits per heavy atom. The number of carbonyl (C=O) groups excluding carboxylic acids is 3. The maximum absolute atomic E-state index is 13.1. The van der Waals surface area contributed by atoms with Gasteiger partial charge < -0.3 is 20.6 Å². The van der Waals surface area contributed by atoms with E-state index in [0.29, 0.717) is 23.5 Å². The van der Waals surface area contributed by atoms with Gasteiger partial charge in [-0.15, -0.1) is 0 Å². The number of aromatic nitrogens is 1. The quantitative estimate of drug-likeness (QED) is 0.513. The predicted molar refractivity (Wildman–Crippen MR) is 123 cm³/mol. The van der Waals surface area contributed by atoms with Gasteiger partial charge in [-0.05, 0) is 48.6 Å². The lowest BCUT2D eigenvalue weighted by Crippen LogP contribution is -2.48. The summed E-state index contributed by atoms with van der Waals surface area (Å²) in [5, 5.41) is 18.8. The van der Waals surface area contributed by atoms with Gasteiger partial charge >= 0.3 is 6.03 Å². The van der Waals surface area contributed by atoms with E-state index >= 15 is 0 Å². The van der Waals surface area contributed by atoms with Crippen LogP contribution in [0, 0.1) is 19.8 Å². The highest BCUT2D eigenvalue weighted by Gasteiger charge is 2.50. The monoisotopic (exact) mass is 451 g/mol. The number of hydrogen-bond donors (Lipinski definition) is 4. The number of benzene rings is 1. The first-order chi connectivity index (χ1) is 15.6. The Morgan fingerprint density at radius 1 is 1.21 bits per heavy atom. The SMILES string of the molecule is Cc1cnc(N[C@@H]2CN(C(=O)c3ccc([C@@]4(C(C)C)NC(=O)NC4=O)cc3)C[C@H]2O)c(C)c1. The summed E-state index contributed by atoms with van der Waals surface area (Å²) in [6, 6.07) is 7.84. The molecule has 1 aromatic carbocycles. The summed E-state index contributed by atoms with van der Waals surface area (Å²) >= 11 is 0. The summed E-state index contributed by atoms with van der Waals surface area (Å²) in [4.78, 5) is 43.4. The molecule has 9 nitrogen and oxygen atoms in total. The molecule has 0 spiro atoms. The molecule has 33 heavy (non-hydrogen) atoms. The lowest BCUT2D eigenvalue weighted by Gasteiger charge is -2.30. The number of anilines is 1. The number of amides is 4. The van der Waals surface area contributed by atoms with Crippen LogP contribution >= 0.6 is 0 Å². The second kappa shape index (κ2) is 8.47. The number of carbonyl (C=O) groups is 3. The number of aryl methyl sites for hydroxylation is 2. The number of imide groups is 1. The van der Waals surface area contributed by atoms with Gasteiger partial charge in [0.05, 0.1) is 12.1 Å². The summed E-state index contributed by atoms with van der Waals surface area (Å²) in [5.74, 6) is -0.112. The number of hydrogen-bond acceptors (Lipinski definition) is 6. The van der Waals surface area contributed by atoms with Crippen LogP contribution in [0.5, 0.6) is 0 Å². The Hall–Kier alpha value is -3.46. The van der Waals surface area contributed by atoms with Crippen molar-refractivity contribution in [1.29, 1.82) is 0 Å². The number of pyridine rings is 1. The first-order valence-corrected chi connectivity index (χ1v) is 11.0. The largest absolute Gasteiger partial charge is 0.389 e. The molecular formula is C24H29N5O4. The van der Waals surface area contributed by atoms with Crippen LogP contribution < -0.4 is 16.0 Å². The van der Waals surface area contributed by atoms with Crippen molar-refractivity contribution >= 4 is 23.7 Å². The number of β-amino-alcohol motifs (C(OH)–C–C–N with tert-alkyl or cyclic N) is 1.